The van der Waals surface area contributed by atoms with Crippen molar-refractivity contribution >= 4 is 11.9 Å². The molecule has 3 aliphatic rings. The Labute approximate surface area is 106 Å². The normalized spacial score (nSPS) is 41.2. The van der Waals surface area contributed by atoms with Gasteiger partial charge in [0.05, 0.1) is 5.92 Å². The van der Waals surface area contributed by atoms with Gasteiger partial charge in [-0.3, -0.25) is 9.59 Å². The highest BCUT2D eigenvalue weighted by Gasteiger charge is 2.41. The van der Waals surface area contributed by atoms with Gasteiger partial charge >= 0.3 is 5.97 Å². The number of allylic oxidation sites excluding steroid dienone is 2. The summed E-state index contributed by atoms with van der Waals surface area (Å²) in [4.78, 5) is 23.0. The van der Waals surface area contributed by atoms with Crippen molar-refractivity contribution in [2.24, 2.45) is 23.7 Å². The molecule has 0 saturated heterocycles. The lowest BCUT2D eigenvalue weighted by Gasteiger charge is -2.20. The molecule has 2 saturated carbocycles. The number of fused-ring (bicyclic) bond motifs is 2. The summed E-state index contributed by atoms with van der Waals surface area (Å²) in [6, 6.07) is 0.0710. The number of carboxylic acids is 1. The fourth-order valence-corrected chi connectivity index (χ4v) is 3.73. The van der Waals surface area contributed by atoms with Crippen molar-refractivity contribution in [3.63, 3.8) is 0 Å². The van der Waals surface area contributed by atoms with E-state index in [0.29, 0.717) is 24.7 Å². The zero-order chi connectivity index (χ0) is 12.7. The Morgan fingerprint density at radius 2 is 1.94 bits per heavy atom. The van der Waals surface area contributed by atoms with E-state index >= 15 is 0 Å². The summed E-state index contributed by atoms with van der Waals surface area (Å²) in [6.45, 7) is 0. The Morgan fingerprint density at radius 1 is 1.11 bits per heavy atom. The van der Waals surface area contributed by atoms with E-state index in [0.717, 1.165) is 19.3 Å². The predicted molar refractivity (Wildman–Crippen MR) is 65.8 cm³/mol. The minimum absolute atomic E-state index is 0.0710. The van der Waals surface area contributed by atoms with Crippen molar-refractivity contribution in [3.8, 4) is 0 Å². The lowest BCUT2D eigenvalue weighted by molar-refractivity contribution is -0.141. The van der Waals surface area contributed by atoms with Crippen molar-refractivity contribution in [1.82, 2.24) is 5.32 Å². The number of hydrogen-bond acceptors (Lipinski definition) is 2. The van der Waals surface area contributed by atoms with Crippen molar-refractivity contribution < 1.29 is 14.7 Å². The van der Waals surface area contributed by atoms with Gasteiger partial charge in [0.2, 0.25) is 5.91 Å². The second kappa shape index (κ2) is 4.41. The average molecular weight is 249 g/mol. The van der Waals surface area contributed by atoms with E-state index in [1.807, 2.05) is 0 Å². The molecule has 0 aromatic heterocycles. The standard InChI is InChI=1S/C14H19NO3/c16-13(12-6-8-1-2-9(12)5-8)15-11-4-3-10(7-11)14(17)18/h1-2,8-12H,3-7H2,(H,15,16)(H,17,18)/t8?,9?,10-,11+,12?/m1/s1. The second-order valence-corrected chi connectivity index (χ2v) is 5.94. The van der Waals surface area contributed by atoms with Crippen LogP contribution in [-0.2, 0) is 9.59 Å². The minimum atomic E-state index is -0.727. The number of nitrogens with one attached hydrogen (secondary N) is 1. The highest BCUT2D eigenvalue weighted by molar-refractivity contribution is 5.80. The molecule has 5 atom stereocenters. The van der Waals surface area contributed by atoms with E-state index in [1.54, 1.807) is 0 Å². The molecule has 3 rings (SSSR count). The first-order chi connectivity index (χ1) is 8.63. The van der Waals surface area contributed by atoms with Crippen molar-refractivity contribution in [2.75, 3.05) is 0 Å². The van der Waals surface area contributed by atoms with Crippen LogP contribution in [0.2, 0.25) is 0 Å². The number of aliphatic carboxylic acids is 1. The molecule has 3 unspecified atom stereocenters. The van der Waals surface area contributed by atoms with Gasteiger partial charge in [-0.2, -0.15) is 0 Å². The van der Waals surface area contributed by atoms with Crippen LogP contribution in [0.5, 0.6) is 0 Å². The van der Waals surface area contributed by atoms with Gasteiger partial charge in [0.15, 0.2) is 0 Å². The third-order valence-corrected chi connectivity index (χ3v) is 4.74. The topological polar surface area (TPSA) is 66.4 Å². The van der Waals surface area contributed by atoms with Crippen LogP contribution in [0.25, 0.3) is 0 Å². The number of amides is 1. The maximum absolute atomic E-state index is 12.2. The quantitative estimate of drug-likeness (QED) is 0.746. The molecule has 0 aromatic carbocycles. The van der Waals surface area contributed by atoms with E-state index in [9.17, 15) is 9.59 Å². The first-order valence-electron chi connectivity index (χ1n) is 6.85. The van der Waals surface area contributed by atoms with Gasteiger partial charge in [0.25, 0.3) is 0 Å². The Bertz CT molecular complexity index is 404. The van der Waals surface area contributed by atoms with E-state index in [2.05, 4.69) is 17.5 Å². The Morgan fingerprint density at radius 3 is 2.50 bits per heavy atom. The smallest absolute Gasteiger partial charge is 0.306 e. The van der Waals surface area contributed by atoms with Crippen LogP contribution in [0.15, 0.2) is 12.2 Å². The molecular formula is C14H19NO3. The highest BCUT2D eigenvalue weighted by atomic mass is 16.4. The van der Waals surface area contributed by atoms with Gasteiger partial charge in [-0.1, -0.05) is 12.2 Å². The molecule has 0 aromatic rings. The van der Waals surface area contributed by atoms with Crippen LogP contribution >= 0.6 is 0 Å². The third-order valence-electron chi connectivity index (χ3n) is 4.74. The summed E-state index contributed by atoms with van der Waals surface area (Å²) in [5.74, 6) is 0.296. The fourth-order valence-electron chi connectivity index (χ4n) is 3.73. The zero-order valence-corrected chi connectivity index (χ0v) is 10.3. The number of carbonyl (C=O) groups excluding carboxylic acids is 1. The van der Waals surface area contributed by atoms with Crippen LogP contribution < -0.4 is 5.32 Å². The first-order valence-corrected chi connectivity index (χ1v) is 6.85. The SMILES string of the molecule is O=C(N[C@H]1CC[C@@H](C(=O)O)C1)C1CC2C=CC1C2. The van der Waals surface area contributed by atoms with Crippen LogP contribution in [0, 0.1) is 23.7 Å². The van der Waals surface area contributed by atoms with Crippen molar-refractivity contribution in [1.29, 1.82) is 0 Å². The average Bonchev–Trinajstić information content (AvgIpc) is 3.03. The molecular weight excluding hydrogens is 230 g/mol. The molecule has 0 heterocycles. The molecule has 1 amide bonds. The van der Waals surface area contributed by atoms with E-state index in [4.69, 9.17) is 5.11 Å². The van der Waals surface area contributed by atoms with E-state index in [-0.39, 0.29) is 23.8 Å². The molecule has 2 fully saturated rings. The molecule has 98 valence electrons. The highest BCUT2D eigenvalue weighted by Crippen LogP contribution is 2.43. The first kappa shape index (κ1) is 11.8. The number of carboxylic acid groups (broad SMARTS) is 1. The van der Waals surface area contributed by atoms with Gasteiger partial charge in [-0.25, -0.2) is 0 Å². The van der Waals surface area contributed by atoms with Crippen LogP contribution in [0.1, 0.15) is 32.1 Å². The summed E-state index contributed by atoms with van der Waals surface area (Å²) in [7, 11) is 0. The number of hydrogen-bond donors (Lipinski definition) is 2. The van der Waals surface area contributed by atoms with Gasteiger partial charge in [0.1, 0.15) is 0 Å². The van der Waals surface area contributed by atoms with Crippen LogP contribution in [0.3, 0.4) is 0 Å². The summed E-state index contributed by atoms with van der Waals surface area (Å²) in [6.07, 6.45) is 8.59. The molecule has 3 aliphatic carbocycles. The maximum atomic E-state index is 12.2. The minimum Gasteiger partial charge on any atom is -0.481 e. The van der Waals surface area contributed by atoms with Gasteiger partial charge < -0.3 is 10.4 Å². The molecule has 0 radical (unpaired) electrons. The van der Waals surface area contributed by atoms with Crippen molar-refractivity contribution in [2.45, 2.75) is 38.1 Å². The Balaban J connectivity index is 1.53. The molecule has 0 spiro atoms. The van der Waals surface area contributed by atoms with E-state index < -0.39 is 5.97 Å². The van der Waals surface area contributed by atoms with Crippen LogP contribution in [0.4, 0.5) is 0 Å². The molecule has 2 N–H and O–H groups in total. The molecule has 0 aliphatic heterocycles. The predicted octanol–water partition coefficient (Wildman–Crippen LogP) is 1.57. The monoisotopic (exact) mass is 249 g/mol. The van der Waals surface area contributed by atoms with Gasteiger partial charge in [-0.05, 0) is 43.9 Å². The number of rotatable bonds is 3. The van der Waals surface area contributed by atoms with Crippen molar-refractivity contribution in [3.05, 3.63) is 12.2 Å². The second-order valence-electron chi connectivity index (χ2n) is 5.94. The Hall–Kier alpha value is -1.32. The zero-order valence-electron chi connectivity index (χ0n) is 10.3. The van der Waals surface area contributed by atoms with Gasteiger partial charge in [0, 0.05) is 12.0 Å². The van der Waals surface area contributed by atoms with E-state index in [1.165, 1.54) is 0 Å². The lowest BCUT2D eigenvalue weighted by atomic mass is 9.92. The summed E-state index contributed by atoms with van der Waals surface area (Å²) in [5, 5.41) is 12.0. The molecule has 4 heteroatoms. The lowest BCUT2D eigenvalue weighted by Crippen LogP contribution is -2.39. The number of carbonyl (C=O) groups is 2. The third kappa shape index (κ3) is 2.04. The maximum Gasteiger partial charge on any atom is 0.306 e. The Kier molecular flexibility index (Phi) is 2.88. The summed E-state index contributed by atoms with van der Waals surface area (Å²) >= 11 is 0. The van der Waals surface area contributed by atoms with Gasteiger partial charge in [-0.15, -0.1) is 0 Å². The van der Waals surface area contributed by atoms with Crippen LogP contribution in [-0.4, -0.2) is 23.0 Å². The molecule has 18 heavy (non-hydrogen) atoms. The fraction of sp³-hybridized carbons (Fsp3) is 0.714. The largest absolute Gasteiger partial charge is 0.481 e. The summed E-state index contributed by atoms with van der Waals surface area (Å²) < 4.78 is 0. The summed E-state index contributed by atoms with van der Waals surface area (Å²) in [5.41, 5.74) is 0. The molecule has 2 bridgehead atoms. The molecule has 4 nitrogen and oxygen atoms in total.